The van der Waals surface area contributed by atoms with Crippen molar-refractivity contribution in [3.8, 4) is 11.3 Å². The normalized spacial score (nSPS) is 10.4. The van der Waals surface area contributed by atoms with Crippen molar-refractivity contribution in [1.29, 1.82) is 0 Å². The zero-order valence-electron chi connectivity index (χ0n) is 8.89. The molecule has 0 aliphatic rings. The van der Waals surface area contributed by atoms with E-state index in [0.29, 0.717) is 5.69 Å². The van der Waals surface area contributed by atoms with Gasteiger partial charge in [0.05, 0.1) is 0 Å². The van der Waals surface area contributed by atoms with Crippen LogP contribution in [-0.4, -0.2) is 21.2 Å². The molecule has 5 heteroatoms. The van der Waals surface area contributed by atoms with Gasteiger partial charge in [-0.1, -0.05) is 5.16 Å². The summed E-state index contributed by atoms with van der Waals surface area (Å²) in [4.78, 5) is 14.9. The predicted molar refractivity (Wildman–Crippen MR) is 56.2 cm³/mol. The molecule has 0 saturated heterocycles. The lowest BCUT2D eigenvalue weighted by atomic mass is 10.1. The third-order valence-electron chi connectivity index (χ3n) is 2.22. The molecule has 0 atom stereocenters. The van der Waals surface area contributed by atoms with E-state index in [0.717, 1.165) is 17.0 Å². The van der Waals surface area contributed by atoms with Crippen LogP contribution in [0, 0.1) is 13.8 Å². The van der Waals surface area contributed by atoms with Crippen molar-refractivity contribution < 1.29 is 14.4 Å². The molecule has 0 aliphatic carbocycles. The molecule has 82 valence electrons. The highest BCUT2D eigenvalue weighted by Gasteiger charge is 2.13. The van der Waals surface area contributed by atoms with Crippen LogP contribution in [-0.2, 0) is 0 Å². The Labute approximate surface area is 91.7 Å². The van der Waals surface area contributed by atoms with Crippen molar-refractivity contribution in [1.82, 2.24) is 10.1 Å². The maximum Gasteiger partial charge on any atom is 0.374 e. The smallest absolute Gasteiger partial charge is 0.374 e. The number of nitrogens with zero attached hydrogens (tertiary/aromatic N) is 2. The maximum atomic E-state index is 10.6. The van der Waals surface area contributed by atoms with Crippen LogP contribution in [0.2, 0.25) is 0 Å². The number of aromatic nitrogens is 2. The summed E-state index contributed by atoms with van der Waals surface area (Å²) in [5.74, 6) is -1.30. The molecule has 2 heterocycles. The number of carboxylic acid groups (broad SMARTS) is 1. The average molecular weight is 218 g/mol. The fourth-order valence-electron chi connectivity index (χ4n) is 1.46. The summed E-state index contributed by atoms with van der Waals surface area (Å²) in [6.45, 7) is 3.74. The van der Waals surface area contributed by atoms with Crippen LogP contribution >= 0.6 is 0 Å². The van der Waals surface area contributed by atoms with E-state index in [9.17, 15) is 4.79 Å². The molecule has 5 nitrogen and oxygen atoms in total. The lowest BCUT2D eigenvalue weighted by Gasteiger charge is -2.01. The fourth-order valence-corrected chi connectivity index (χ4v) is 1.46. The topological polar surface area (TPSA) is 76.2 Å². The number of hydrogen-bond donors (Lipinski definition) is 1. The minimum Gasteiger partial charge on any atom is -0.475 e. The minimum absolute atomic E-state index is 0.171. The Morgan fingerprint density at radius 3 is 2.69 bits per heavy atom. The van der Waals surface area contributed by atoms with Crippen molar-refractivity contribution in [3.05, 3.63) is 35.3 Å². The van der Waals surface area contributed by atoms with E-state index in [1.807, 2.05) is 26.0 Å². The van der Waals surface area contributed by atoms with Gasteiger partial charge in [0.2, 0.25) is 5.76 Å². The number of pyridine rings is 1. The van der Waals surface area contributed by atoms with Crippen LogP contribution in [0.5, 0.6) is 0 Å². The maximum absolute atomic E-state index is 10.6. The predicted octanol–water partition coefficient (Wildman–Crippen LogP) is 2.05. The molecule has 0 unspecified atom stereocenters. The SMILES string of the molecule is Cc1ccc(-c2cc(C(=O)O)on2)c(C)n1. The van der Waals surface area contributed by atoms with Crippen molar-refractivity contribution in [2.75, 3.05) is 0 Å². The second-order valence-electron chi connectivity index (χ2n) is 3.47. The molecule has 0 spiro atoms. The Bertz CT molecular complexity index is 546. The van der Waals surface area contributed by atoms with Crippen LogP contribution in [0.4, 0.5) is 0 Å². The minimum atomic E-state index is -1.13. The quantitative estimate of drug-likeness (QED) is 0.834. The summed E-state index contributed by atoms with van der Waals surface area (Å²) in [6.07, 6.45) is 0. The molecular formula is C11H10N2O3. The number of carbonyl (C=O) groups is 1. The Kier molecular flexibility index (Phi) is 2.44. The van der Waals surface area contributed by atoms with E-state index in [1.54, 1.807) is 0 Å². The molecule has 0 aromatic carbocycles. The monoisotopic (exact) mass is 218 g/mol. The Morgan fingerprint density at radius 1 is 1.38 bits per heavy atom. The standard InChI is InChI=1S/C11H10N2O3/c1-6-3-4-8(7(2)12-6)9-5-10(11(14)15)16-13-9/h3-5H,1-2H3,(H,14,15). The summed E-state index contributed by atoms with van der Waals surface area (Å²) in [5, 5.41) is 12.4. The lowest BCUT2D eigenvalue weighted by molar-refractivity contribution is 0.0652. The number of hydrogen-bond acceptors (Lipinski definition) is 4. The molecule has 0 radical (unpaired) electrons. The summed E-state index contributed by atoms with van der Waals surface area (Å²) >= 11 is 0. The number of aryl methyl sites for hydroxylation is 2. The molecular weight excluding hydrogens is 208 g/mol. The third kappa shape index (κ3) is 1.79. The van der Waals surface area contributed by atoms with Crippen LogP contribution in [0.15, 0.2) is 22.7 Å². The molecule has 0 bridgehead atoms. The summed E-state index contributed by atoms with van der Waals surface area (Å²) in [7, 11) is 0. The first-order valence-corrected chi connectivity index (χ1v) is 4.72. The second kappa shape index (κ2) is 3.77. The van der Waals surface area contributed by atoms with Crippen LogP contribution in [0.25, 0.3) is 11.3 Å². The van der Waals surface area contributed by atoms with Gasteiger partial charge in [-0.05, 0) is 26.0 Å². The van der Waals surface area contributed by atoms with Crippen molar-refractivity contribution in [2.45, 2.75) is 13.8 Å². The first kappa shape index (κ1) is 10.4. The van der Waals surface area contributed by atoms with Gasteiger partial charge < -0.3 is 9.63 Å². The third-order valence-corrected chi connectivity index (χ3v) is 2.22. The van der Waals surface area contributed by atoms with E-state index in [4.69, 9.17) is 5.11 Å². The van der Waals surface area contributed by atoms with Gasteiger partial charge in [0.25, 0.3) is 0 Å². The number of rotatable bonds is 2. The van der Waals surface area contributed by atoms with Crippen LogP contribution in [0.1, 0.15) is 21.9 Å². The number of aromatic carboxylic acids is 1. The molecule has 0 aliphatic heterocycles. The van der Waals surface area contributed by atoms with Gasteiger partial charge in [0.1, 0.15) is 5.69 Å². The molecule has 0 amide bonds. The Hall–Kier alpha value is -2.17. The van der Waals surface area contributed by atoms with Crippen molar-refractivity contribution >= 4 is 5.97 Å². The van der Waals surface area contributed by atoms with Gasteiger partial charge >= 0.3 is 5.97 Å². The molecule has 2 aromatic heterocycles. The van der Waals surface area contributed by atoms with Gasteiger partial charge in [-0.3, -0.25) is 4.98 Å². The summed E-state index contributed by atoms with van der Waals surface area (Å²) in [5.41, 5.74) is 2.97. The van der Waals surface area contributed by atoms with Gasteiger partial charge in [-0.25, -0.2) is 4.79 Å². The van der Waals surface area contributed by atoms with Crippen LogP contribution < -0.4 is 0 Å². The number of carboxylic acids is 1. The zero-order valence-corrected chi connectivity index (χ0v) is 8.89. The Morgan fingerprint density at radius 2 is 2.12 bits per heavy atom. The van der Waals surface area contributed by atoms with Gasteiger partial charge in [-0.15, -0.1) is 0 Å². The molecule has 1 N–H and O–H groups in total. The molecule has 16 heavy (non-hydrogen) atoms. The molecule has 0 saturated carbocycles. The highest BCUT2D eigenvalue weighted by Crippen LogP contribution is 2.21. The van der Waals surface area contributed by atoms with E-state index in [1.165, 1.54) is 6.07 Å². The molecule has 2 aromatic rings. The highest BCUT2D eigenvalue weighted by molar-refractivity contribution is 5.85. The van der Waals surface area contributed by atoms with E-state index in [-0.39, 0.29) is 5.76 Å². The van der Waals surface area contributed by atoms with Gasteiger partial charge in [-0.2, -0.15) is 0 Å². The summed E-state index contributed by atoms with van der Waals surface area (Å²) in [6, 6.07) is 5.08. The molecule has 0 fully saturated rings. The van der Waals surface area contributed by atoms with Crippen molar-refractivity contribution in [2.24, 2.45) is 0 Å². The van der Waals surface area contributed by atoms with E-state index >= 15 is 0 Å². The van der Waals surface area contributed by atoms with Gasteiger partial charge in [0, 0.05) is 23.0 Å². The average Bonchev–Trinajstić information content (AvgIpc) is 2.66. The largest absolute Gasteiger partial charge is 0.475 e. The lowest BCUT2D eigenvalue weighted by Crippen LogP contribution is -1.92. The first-order valence-electron chi connectivity index (χ1n) is 4.72. The van der Waals surface area contributed by atoms with Crippen LogP contribution in [0.3, 0.4) is 0 Å². The highest BCUT2D eigenvalue weighted by atomic mass is 16.5. The fraction of sp³-hybridized carbons (Fsp3) is 0.182. The summed E-state index contributed by atoms with van der Waals surface area (Å²) < 4.78 is 4.69. The van der Waals surface area contributed by atoms with Gasteiger partial charge in [0.15, 0.2) is 0 Å². The molecule has 2 rings (SSSR count). The van der Waals surface area contributed by atoms with E-state index < -0.39 is 5.97 Å². The Balaban J connectivity index is 2.46. The zero-order chi connectivity index (χ0) is 11.7. The van der Waals surface area contributed by atoms with E-state index in [2.05, 4.69) is 14.7 Å². The first-order chi connectivity index (χ1) is 7.58. The van der Waals surface area contributed by atoms with Crippen molar-refractivity contribution in [3.63, 3.8) is 0 Å². The second-order valence-corrected chi connectivity index (χ2v) is 3.47.